The molecule has 1 N–H and O–H groups in total. The molecule has 0 unspecified atom stereocenters. The SMILES string of the molecule is Cl.c1ccn[nH]occ1. The lowest BCUT2D eigenvalue weighted by Crippen LogP contribution is -1.67. The Morgan fingerprint density at radius 1 is 1.22 bits per heavy atom. The highest BCUT2D eigenvalue weighted by molar-refractivity contribution is 5.85. The minimum absolute atomic E-state index is 0. The number of halogens is 1. The van der Waals surface area contributed by atoms with Gasteiger partial charge in [-0.1, -0.05) is 6.07 Å². The Labute approximate surface area is 58.8 Å². The van der Waals surface area contributed by atoms with Crippen LogP contribution < -0.4 is 0 Å². The zero-order valence-electron chi connectivity index (χ0n) is 4.65. The Kier molecular flexibility index (Phi) is 4.63. The zero-order chi connectivity index (χ0) is 5.66. The second-order valence-corrected chi connectivity index (χ2v) is 1.20. The summed E-state index contributed by atoms with van der Waals surface area (Å²) in [5, 5.41) is 5.91. The maximum Gasteiger partial charge on any atom is 0.121 e. The highest BCUT2D eigenvalue weighted by Crippen LogP contribution is 1.72. The van der Waals surface area contributed by atoms with Gasteiger partial charge < -0.3 is 4.52 Å². The van der Waals surface area contributed by atoms with Crippen LogP contribution in [-0.4, -0.2) is 10.4 Å². The molecule has 0 radical (unpaired) electrons. The van der Waals surface area contributed by atoms with Gasteiger partial charge in [0.25, 0.3) is 0 Å². The van der Waals surface area contributed by atoms with Crippen molar-refractivity contribution in [1.82, 2.24) is 10.4 Å². The fourth-order valence-electron chi connectivity index (χ4n) is 0.333. The van der Waals surface area contributed by atoms with Gasteiger partial charge in [0, 0.05) is 0 Å². The molecule has 4 heteroatoms. The maximum atomic E-state index is 4.59. The molecule has 1 rings (SSSR count). The first kappa shape index (κ1) is 8.04. The normalized spacial score (nSPS) is 7.11. The smallest absolute Gasteiger partial charge is 0.121 e. The van der Waals surface area contributed by atoms with Crippen LogP contribution in [-0.2, 0) is 0 Å². The molecule has 0 spiro atoms. The van der Waals surface area contributed by atoms with E-state index in [9.17, 15) is 0 Å². The van der Waals surface area contributed by atoms with E-state index >= 15 is 0 Å². The molecule has 1 aromatic rings. The summed E-state index contributed by atoms with van der Waals surface area (Å²) >= 11 is 0. The summed E-state index contributed by atoms with van der Waals surface area (Å²) in [5.74, 6) is 0. The predicted octanol–water partition coefficient (Wildman–Crippen LogP) is 1.55. The van der Waals surface area contributed by atoms with Gasteiger partial charge >= 0.3 is 0 Å². The van der Waals surface area contributed by atoms with Gasteiger partial charge in [-0.3, -0.25) is 0 Å². The van der Waals surface area contributed by atoms with E-state index in [1.54, 1.807) is 18.3 Å². The maximum absolute atomic E-state index is 4.59. The highest BCUT2D eigenvalue weighted by Gasteiger charge is 1.58. The zero-order valence-corrected chi connectivity index (χ0v) is 5.47. The van der Waals surface area contributed by atoms with Crippen LogP contribution in [0, 0.1) is 0 Å². The molecule has 1 heterocycles. The summed E-state index contributed by atoms with van der Waals surface area (Å²) in [4.78, 5) is 0. The van der Waals surface area contributed by atoms with E-state index in [0.29, 0.717) is 0 Å². The fraction of sp³-hybridized carbons (Fsp3) is 0. The number of rotatable bonds is 0. The van der Waals surface area contributed by atoms with Crippen molar-refractivity contribution in [3.05, 3.63) is 30.7 Å². The molecule has 0 fully saturated rings. The second-order valence-electron chi connectivity index (χ2n) is 1.20. The number of nitrogens with one attached hydrogen (secondary N) is 1. The third-order valence-electron chi connectivity index (χ3n) is 0.635. The molecule has 0 atom stereocenters. The standard InChI is InChI=1S/C5H6N2O.ClH/c1-2-4-6-7-8-5-3-1;/h1-5,7H;1H. The number of hydrogen-bond acceptors (Lipinski definition) is 2. The van der Waals surface area contributed by atoms with Gasteiger partial charge in [0.05, 0.1) is 6.20 Å². The van der Waals surface area contributed by atoms with Crippen molar-refractivity contribution in [3.8, 4) is 0 Å². The monoisotopic (exact) mass is 146 g/mol. The molecule has 0 saturated carbocycles. The summed E-state index contributed by atoms with van der Waals surface area (Å²) in [6.07, 6.45) is 3.11. The van der Waals surface area contributed by atoms with Crippen molar-refractivity contribution < 1.29 is 4.52 Å². The lowest BCUT2D eigenvalue weighted by atomic mass is 10.6. The lowest BCUT2D eigenvalue weighted by molar-refractivity contribution is 0.366. The van der Waals surface area contributed by atoms with Gasteiger partial charge in [0.1, 0.15) is 6.26 Å². The van der Waals surface area contributed by atoms with Crippen LogP contribution in [0.1, 0.15) is 0 Å². The van der Waals surface area contributed by atoms with Crippen molar-refractivity contribution in [2.75, 3.05) is 0 Å². The summed E-state index contributed by atoms with van der Waals surface area (Å²) in [5.41, 5.74) is 0. The van der Waals surface area contributed by atoms with Gasteiger partial charge in [-0.25, -0.2) is 0 Å². The first-order valence-electron chi connectivity index (χ1n) is 2.25. The molecular weight excluding hydrogens is 140 g/mol. The molecule has 0 aromatic carbocycles. The molecule has 50 valence electrons. The Bertz CT molecular complexity index is 120. The molecule has 0 amide bonds. The van der Waals surface area contributed by atoms with Crippen molar-refractivity contribution in [2.45, 2.75) is 0 Å². The highest BCUT2D eigenvalue weighted by atomic mass is 35.5. The minimum Gasteiger partial charge on any atom is -0.373 e. The quantitative estimate of drug-likeness (QED) is 0.604. The van der Waals surface area contributed by atoms with Crippen LogP contribution in [0.5, 0.6) is 0 Å². The van der Waals surface area contributed by atoms with Crippen molar-refractivity contribution in [1.29, 1.82) is 0 Å². The van der Waals surface area contributed by atoms with Crippen molar-refractivity contribution in [2.24, 2.45) is 0 Å². The van der Waals surface area contributed by atoms with E-state index < -0.39 is 0 Å². The summed E-state index contributed by atoms with van der Waals surface area (Å²) in [6.45, 7) is 0. The van der Waals surface area contributed by atoms with Gasteiger partial charge in [-0.2, -0.15) is 5.10 Å². The Morgan fingerprint density at radius 3 is 3.00 bits per heavy atom. The fourth-order valence-corrected chi connectivity index (χ4v) is 0.333. The van der Waals surface area contributed by atoms with E-state index in [4.69, 9.17) is 0 Å². The van der Waals surface area contributed by atoms with Gasteiger partial charge in [-0.15, -0.1) is 17.7 Å². The Balaban J connectivity index is 0.000000640. The molecule has 3 nitrogen and oxygen atoms in total. The molecule has 0 bridgehead atoms. The van der Waals surface area contributed by atoms with Gasteiger partial charge in [-0.05, 0) is 12.1 Å². The van der Waals surface area contributed by atoms with Crippen LogP contribution >= 0.6 is 12.4 Å². The van der Waals surface area contributed by atoms with Crippen molar-refractivity contribution >= 4 is 12.4 Å². The largest absolute Gasteiger partial charge is 0.373 e. The summed E-state index contributed by atoms with van der Waals surface area (Å²) in [7, 11) is 0. The number of H-pyrrole nitrogens is 1. The molecule has 0 saturated heterocycles. The summed E-state index contributed by atoms with van der Waals surface area (Å²) < 4.78 is 4.59. The van der Waals surface area contributed by atoms with Gasteiger partial charge in [0.15, 0.2) is 0 Å². The number of aromatic nitrogens is 2. The Hall–Kier alpha value is -0.960. The van der Waals surface area contributed by atoms with Gasteiger partial charge in [0.2, 0.25) is 0 Å². The lowest BCUT2D eigenvalue weighted by Gasteiger charge is -1.73. The Morgan fingerprint density at radius 2 is 2.11 bits per heavy atom. The molecule has 0 aliphatic carbocycles. The first-order valence-corrected chi connectivity index (χ1v) is 2.25. The summed E-state index contributed by atoms with van der Waals surface area (Å²) in [6, 6.07) is 5.38. The van der Waals surface area contributed by atoms with E-state index in [-0.39, 0.29) is 12.4 Å². The molecule has 0 aliphatic rings. The molecule has 0 aliphatic heterocycles. The predicted molar refractivity (Wildman–Crippen MR) is 35.7 cm³/mol. The number of aromatic amines is 1. The van der Waals surface area contributed by atoms with Crippen molar-refractivity contribution in [3.63, 3.8) is 0 Å². The van der Waals surface area contributed by atoms with E-state index in [1.807, 2.05) is 6.07 Å². The third-order valence-corrected chi connectivity index (χ3v) is 0.635. The van der Waals surface area contributed by atoms with E-state index in [1.165, 1.54) is 6.26 Å². The average Bonchev–Trinajstić information content (AvgIpc) is 1.62. The van der Waals surface area contributed by atoms with Crippen LogP contribution in [0.2, 0.25) is 0 Å². The first-order chi connectivity index (χ1) is 4.00. The van der Waals surface area contributed by atoms with E-state index in [0.717, 1.165) is 0 Å². The van der Waals surface area contributed by atoms with E-state index in [2.05, 4.69) is 14.9 Å². The third kappa shape index (κ3) is 3.61. The minimum atomic E-state index is 0. The second kappa shape index (κ2) is 5.18. The average molecular weight is 147 g/mol. The topological polar surface area (TPSA) is 41.8 Å². The van der Waals surface area contributed by atoms with Crippen LogP contribution in [0.4, 0.5) is 0 Å². The molecular formula is C5H7ClN2O. The van der Waals surface area contributed by atoms with Crippen LogP contribution in [0.3, 0.4) is 0 Å². The number of hydrogen-bond donors (Lipinski definition) is 1. The number of nitrogens with zero attached hydrogens (tertiary/aromatic N) is 1. The van der Waals surface area contributed by atoms with Crippen LogP contribution in [0.15, 0.2) is 35.2 Å². The molecule has 1 aromatic heterocycles. The van der Waals surface area contributed by atoms with Crippen LogP contribution in [0.25, 0.3) is 0 Å². The molecule has 9 heavy (non-hydrogen) atoms.